The first-order valence-corrected chi connectivity index (χ1v) is 5.75. The Kier molecular flexibility index (Phi) is 4.54. The molecule has 0 spiro atoms. The molecule has 4 heteroatoms. The molecule has 0 unspecified atom stereocenters. The van der Waals surface area contributed by atoms with E-state index >= 15 is 0 Å². The quantitative estimate of drug-likeness (QED) is 0.662. The molecule has 15 heavy (non-hydrogen) atoms. The number of nitrogens with zero attached hydrogens (tertiary/aromatic N) is 1. The maximum absolute atomic E-state index is 11.4. The molecule has 4 nitrogen and oxygen atoms in total. The van der Waals surface area contributed by atoms with Crippen molar-refractivity contribution in [2.24, 2.45) is 0 Å². The molecule has 0 saturated heterocycles. The number of likely N-dealkylation sites (N-methyl/N-ethyl adjacent to an activating group) is 2. The maximum Gasteiger partial charge on any atom is 0.234 e. The zero-order chi connectivity index (χ0) is 11.3. The van der Waals surface area contributed by atoms with Crippen LogP contribution in [0, 0.1) is 0 Å². The third-order valence-electron chi connectivity index (χ3n) is 3.38. The van der Waals surface area contributed by atoms with Gasteiger partial charge in [-0.15, -0.1) is 0 Å². The van der Waals surface area contributed by atoms with Gasteiger partial charge in [0, 0.05) is 12.1 Å². The van der Waals surface area contributed by atoms with E-state index < -0.39 is 0 Å². The first-order chi connectivity index (χ1) is 7.10. The van der Waals surface area contributed by atoms with Crippen LogP contribution in [0.15, 0.2) is 0 Å². The third-order valence-corrected chi connectivity index (χ3v) is 3.38. The molecule has 0 bridgehead atoms. The van der Waals surface area contributed by atoms with Crippen molar-refractivity contribution in [3.63, 3.8) is 0 Å². The molecule has 0 aromatic carbocycles. The molecule has 0 aliphatic heterocycles. The van der Waals surface area contributed by atoms with E-state index in [1.165, 1.54) is 19.3 Å². The van der Waals surface area contributed by atoms with Gasteiger partial charge in [0.1, 0.15) is 0 Å². The highest BCUT2D eigenvalue weighted by Gasteiger charge is 2.38. The lowest BCUT2D eigenvalue weighted by Crippen LogP contribution is -2.57. The van der Waals surface area contributed by atoms with E-state index in [0.29, 0.717) is 6.54 Å². The summed E-state index contributed by atoms with van der Waals surface area (Å²) in [5.41, 5.74) is 0.224. The van der Waals surface area contributed by atoms with Crippen LogP contribution in [0.5, 0.6) is 0 Å². The molecule has 0 atom stereocenters. The number of carbonyl (C=O) groups is 1. The van der Waals surface area contributed by atoms with Crippen molar-refractivity contribution >= 4 is 5.91 Å². The van der Waals surface area contributed by atoms with Crippen molar-refractivity contribution in [1.82, 2.24) is 15.5 Å². The van der Waals surface area contributed by atoms with E-state index in [1.54, 1.807) is 0 Å². The van der Waals surface area contributed by atoms with Gasteiger partial charge in [0.25, 0.3) is 0 Å². The third kappa shape index (κ3) is 3.18. The average Bonchev–Trinajstić information content (AvgIpc) is 2.12. The summed E-state index contributed by atoms with van der Waals surface area (Å²) in [4.78, 5) is 13.7. The minimum Gasteiger partial charge on any atom is -0.353 e. The molecule has 2 N–H and O–H groups in total. The van der Waals surface area contributed by atoms with Gasteiger partial charge in [0.2, 0.25) is 5.91 Å². The minimum atomic E-state index is 0.102. The van der Waals surface area contributed by atoms with Gasteiger partial charge >= 0.3 is 0 Å². The number of carbonyl (C=O) groups excluding carboxylic acids is 1. The predicted octanol–water partition coefficient (Wildman–Crippen LogP) is 0.196. The Bertz CT molecular complexity index is 212. The van der Waals surface area contributed by atoms with Gasteiger partial charge in [0.15, 0.2) is 0 Å². The molecule has 88 valence electrons. The van der Waals surface area contributed by atoms with Gasteiger partial charge in [-0.05, 0) is 39.9 Å². The van der Waals surface area contributed by atoms with E-state index in [0.717, 1.165) is 13.1 Å². The van der Waals surface area contributed by atoms with Crippen molar-refractivity contribution in [2.45, 2.75) is 31.7 Å². The van der Waals surface area contributed by atoms with Crippen LogP contribution in [0.25, 0.3) is 0 Å². The summed E-state index contributed by atoms with van der Waals surface area (Å²) in [6, 6.07) is 0. The molecule has 0 aromatic rings. The van der Waals surface area contributed by atoms with E-state index in [9.17, 15) is 4.79 Å². The summed E-state index contributed by atoms with van der Waals surface area (Å²) >= 11 is 0. The first-order valence-electron chi connectivity index (χ1n) is 5.75. The molecule has 1 rings (SSSR count). The van der Waals surface area contributed by atoms with Crippen LogP contribution in [0.1, 0.15) is 26.2 Å². The largest absolute Gasteiger partial charge is 0.353 e. The SMILES string of the molecule is CCNCC(=O)NCC1(N(C)C)CCC1. The summed E-state index contributed by atoms with van der Waals surface area (Å²) in [7, 11) is 4.19. The van der Waals surface area contributed by atoms with Crippen LogP contribution in [-0.4, -0.2) is 50.1 Å². The predicted molar refractivity (Wildman–Crippen MR) is 61.8 cm³/mol. The first kappa shape index (κ1) is 12.5. The fourth-order valence-electron chi connectivity index (χ4n) is 1.93. The Morgan fingerprint density at radius 2 is 2.07 bits per heavy atom. The zero-order valence-electron chi connectivity index (χ0n) is 10.1. The average molecular weight is 213 g/mol. The van der Waals surface area contributed by atoms with Crippen molar-refractivity contribution in [3.05, 3.63) is 0 Å². The standard InChI is InChI=1S/C11H23N3O/c1-4-12-8-10(15)13-9-11(14(2)3)6-5-7-11/h12H,4-9H2,1-3H3,(H,13,15). The van der Waals surface area contributed by atoms with Crippen LogP contribution in [0.3, 0.4) is 0 Å². The smallest absolute Gasteiger partial charge is 0.234 e. The van der Waals surface area contributed by atoms with Crippen LogP contribution in [-0.2, 0) is 4.79 Å². The van der Waals surface area contributed by atoms with Gasteiger partial charge in [-0.1, -0.05) is 6.92 Å². The molecule has 1 aliphatic carbocycles. The van der Waals surface area contributed by atoms with Gasteiger partial charge < -0.3 is 15.5 Å². The van der Waals surface area contributed by atoms with Crippen molar-refractivity contribution in [1.29, 1.82) is 0 Å². The highest BCUT2D eigenvalue weighted by Crippen LogP contribution is 2.35. The summed E-state index contributed by atoms with van der Waals surface area (Å²) in [5.74, 6) is 0.102. The highest BCUT2D eigenvalue weighted by atomic mass is 16.1. The second kappa shape index (κ2) is 5.47. The normalized spacial score (nSPS) is 18.7. The lowest BCUT2D eigenvalue weighted by atomic mass is 9.75. The number of nitrogens with one attached hydrogen (secondary N) is 2. The second-order valence-electron chi connectivity index (χ2n) is 4.53. The Morgan fingerprint density at radius 3 is 2.47 bits per heavy atom. The summed E-state index contributed by atoms with van der Waals surface area (Å²) in [6.07, 6.45) is 3.67. The molecule has 0 radical (unpaired) electrons. The van der Waals surface area contributed by atoms with E-state index in [4.69, 9.17) is 0 Å². The number of hydrogen-bond acceptors (Lipinski definition) is 3. The van der Waals surface area contributed by atoms with Crippen LogP contribution in [0.4, 0.5) is 0 Å². The molecule has 0 heterocycles. The number of amides is 1. The maximum atomic E-state index is 11.4. The van der Waals surface area contributed by atoms with Gasteiger partial charge in [0.05, 0.1) is 6.54 Å². The van der Waals surface area contributed by atoms with E-state index in [2.05, 4.69) is 29.6 Å². The molecular weight excluding hydrogens is 190 g/mol. The monoisotopic (exact) mass is 213 g/mol. The second-order valence-corrected chi connectivity index (χ2v) is 4.53. The Labute approximate surface area is 92.4 Å². The minimum absolute atomic E-state index is 0.102. The lowest BCUT2D eigenvalue weighted by molar-refractivity contribution is -0.121. The van der Waals surface area contributed by atoms with Crippen LogP contribution < -0.4 is 10.6 Å². The Balaban J connectivity index is 2.25. The highest BCUT2D eigenvalue weighted by molar-refractivity contribution is 5.78. The topological polar surface area (TPSA) is 44.4 Å². The van der Waals surface area contributed by atoms with Gasteiger partial charge in [-0.25, -0.2) is 0 Å². The lowest BCUT2D eigenvalue weighted by Gasteiger charge is -2.47. The molecule has 1 amide bonds. The molecule has 1 saturated carbocycles. The molecular formula is C11H23N3O. The van der Waals surface area contributed by atoms with E-state index in [1.807, 2.05) is 6.92 Å². The van der Waals surface area contributed by atoms with Gasteiger partial charge in [-0.3, -0.25) is 4.79 Å². The number of hydrogen-bond donors (Lipinski definition) is 2. The Hall–Kier alpha value is -0.610. The van der Waals surface area contributed by atoms with Crippen LogP contribution >= 0.6 is 0 Å². The molecule has 1 fully saturated rings. The van der Waals surface area contributed by atoms with Crippen molar-refractivity contribution < 1.29 is 4.79 Å². The summed E-state index contributed by atoms with van der Waals surface area (Å²) in [6.45, 7) is 4.05. The molecule has 1 aliphatic rings. The van der Waals surface area contributed by atoms with E-state index in [-0.39, 0.29) is 11.4 Å². The number of rotatable bonds is 6. The summed E-state index contributed by atoms with van der Waals surface area (Å²) in [5, 5.41) is 6.02. The zero-order valence-corrected chi connectivity index (χ0v) is 10.1. The van der Waals surface area contributed by atoms with Gasteiger partial charge in [-0.2, -0.15) is 0 Å². The van der Waals surface area contributed by atoms with Crippen molar-refractivity contribution in [3.8, 4) is 0 Å². The molecule has 0 aromatic heterocycles. The fourth-order valence-corrected chi connectivity index (χ4v) is 1.93. The van der Waals surface area contributed by atoms with Crippen molar-refractivity contribution in [2.75, 3.05) is 33.7 Å². The Morgan fingerprint density at radius 1 is 1.40 bits per heavy atom. The summed E-state index contributed by atoms with van der Waals surface area (Å²) < 4.78 is 0. The fraction of sp³-hybridized carbons (Fsp3) is 0.909. The van der Waals surface area contributed by atoms with Crippen LogP contribution in [0.2, 0.25) is 0 Å².